The molecule has 4 nitrogen and oxygen atoms in total. The second-order valence-electron chi connectivity index (χ2n) is 5.75. The summed E-state index contributed by atoms with van der Waals surface area (Å²) in [6.07, 6.45) is 4.51. The third-order valence-corrected chi connectivity index (χ3v) is 3.66. The zero-order chi connectivity index (χ0) is 15.9. The van der Waals surface area contributed by atoms with Gasteiger partial charge in [-0.1, -0.05) is 35.9 Å². The average molecular weight is 297 g/mol. The molecule has 0 aliphatic rings. The Hall–Kier alpha value is -2.36. The van der Waals surface area contributed by atoms with Gasteiger partial charge >= 0.3 is 6.03 Å². The SMILES string of the molecule is Cc1ccc(C(CNC(=O)N(C)C)Cc2cccnc2)cc1. The van der Waals surface area contributed by atoms with Gasteiger partial charge in [-0.2, -0.15) is 0 Å². The number of urea groups is 1. The Morgan fingerprint density at radius 1 is 1.23 bits per heavy atom. The van der Waals surface area contributed by atoms with Gasteiger partial charge in [-0.15, -0.1) is 0 Å². The number of amides is 2. The summed E-state index contributed by atoms with van der Waals surface area (Å²) < 4.78 is 0. The van der Waals surface area contributed by atoms with Crippen molar-refractivity contribution in [3.05, 3.63) is 65.5 Å². The molecule has 0 aliphatic heterocycles. The first kappa shape index (κ1) is 16.0. The van der Waals surface area contributed by atoms with E-state index in [9.17, 15) is 4.79 Å². The Labute approximate surface area is 132 Å². The van der Waals surface area contributed by atoms with E-state index in [4.69, 9.17) is 0 Å². The quantitative estimate of drug-likeness (QED) is 0.922. The highest BCUT2D eigenvalue weighted by molar-refractivity contribution is 5.73. The molecule has 1 unspecified atom stereocenters. The molecule has 22 heavy (non-hydrogen) atoms. The Morgan fingerprint density at radius 2 is 1.95 bits per heavy atom. The molecule has 0 saturated carbocycles. The van der Waals surface area contributed by atoms with E-state index in [-0.39, 0.29) is 11.9 Å². The lowest BCUT2D eigenvalue weighted by molar-refractivity contribution is 0.216. The first-order valence-corrected chi connectivity index (χ1v) is 7.47. The third kappa shape index (κ3) is 4.58. The van der Waals surface area contributed by atoms with Gasteiger partial charge in [0.25, 0.3) is 0 Å². The summed E-state index contributed by atoms with van der Waals surface area (Å²) in [7, 11) is 3.49. The minimum atomic E-state index is -0.0664. The van der Waals surface area contributed by atoms with Gasteiger partial charge in [0, 0.05) is 39.0 Å². The topological polar surface area (TPSA) is 45.2 Å². The van der Waals surface area contributed by atoms with Gasteiger partial charge in [-0.3, -0.25) is 4.98 Å². The largest absolute Gasteiger partial charge is 0.337 e. The van der Waals surface area contributed by atoms with Crippen LogP contribution in [0.2, 0.25) is 0 Å². The van der Waals surface area contributed by atoms with Gasteiger partial charge in [0.05, 0.1) is 0 Å². The number of hydrogen-bond acceptors (Lipinski definition) is 2. The number of carbonyl (C=O) groups is 1. The lowest BCUT2D eigenvalue weighted by Crippen LogP contribution is -2.37. The van der Waals surface area contributed by atoms with Gasteiger partial charge < -0.3 is 10.2 Å². The molecular weight excluding hydrogens is 274 g/mol. The average Bonchev–Trinajstić information content (AvgIpc) is 2.53. The van der Waals surface area contributed by atoms with E-state index in [1.54, 1.807) is 25.2 Å². The first-order valence-electron chi connectivity index (χ1n) is 7.47. The number of hydrogen-bond donors (Lipinski definition) is 1. The fourth-order valence-electron chi connectivity index (χ4n) is 2.32. The van der Waals surface area contributed by atoms with Crippen molar-refractivity contribution in [2.45, 2.75) is 19.3 Å². The van der Waals surface area contributed by atoms with Gasteiger partial charge in [0.2, 0.25) is 0 Å². The van der Waals surface area contributed by atoms with Crippen molar-refractivity contribution in [3.8, 4) is 0 Å². The maximum absolute atomic E-state index is 11.8. The van der Waals surface area contributed by atoms with Crippen LogP contribution in [0.1, 0.15) is 22.6 Å². The molecule has 2 amide bonds. The van der Waals surface area contributed by atoms with Crippen LogP contribution >= 0.6 is 0 Å². The Morgan fingerprint density at radius 3 is 2.55 bits per heavy atom. The van der Waals surface area contributed by atoms with Crippen molar-refractivity contribution < 1.29 is 4.79 Å². The molecular formula is C18H23N3O. The minimum Gasteiger partial charge on any atom is -0.337 e. The van der Waals surface area contributed by atoms with Crippen molar-refractivity contribution in [2.24, 2.45) is 0 Å². The molecule has 1 aromatic carbocycles. The number of rotatable bonds is 5. The molecule has 0 bridgehead atoms. The second kappa shape index (κ2) is 7.59. The van der Waals surface area contributed by atoms with Crippen LogP contribution in [0.15, 0.2) is 48.8 Å². The number of benzene rings is 1. The number of pyridine rings is 1. The van der Waals surface area contributed by atoms with E-state index in [2.05, 4.69) is 47.6 Å². The molecule has 0 radical (unpaired) electrons. The van der Waals surface area contributed by atoms with Gasteiger partial charge in [-0.25, -0.2) is 4.79 Å². The van der Waals surface area contributed by atoms with Crippen molar-refractivity contribution >= 4 is 6.03 Å². The molecule has 2 rings (SSSR count). The summed E-state index contributed by atoms with van der Waals surface area (Å²) in [4.78, 5) is 17.5. The molecule has 0 fully saturated rings. The number of carbonyl (C=O) groups excluding carboxylic acids is 1. The smallest absolute Gasteiger partial charge is 0.316 e. The van der Waals surface area contributed by atoms with Gasteiger partial charge in [-0.05, 0) is 30.5 Å². The van der Waals surface area contributed by atoms with E-state index in [1.807, 2.05) is 12.3 Å². The molecule has 0 aliphatic carbocycles. The maximum atomic E-state index is 11.8. The lowest BCUT2D eigenvalue weighted by atomic mass is 9.92. The lowest BCUT2D eigenvalue weighted by Gasteiger charge is -2.20. The first-order chi connectivity index (χ1) is 10.6. The Balaban J connectivity index is 2.13. The predicted octanol–water partition coefficient (Wildman–Crippen LogP) is 2.99. The van der Waals surface area contributed by atoms with Crippen LogP contribution in [-0.4, -0.2) is 36.6 Å². The van der Waals surface area contributed by atoms with Crippen LogP contribution in [0.25, 0.3) is 0 Å². The van der Waals surface area contributed by atoms with Gasteiger partial charge in [0.1, 0.15) is 0 Å². The molecule has 4 heteroatoms. The normalized spacial score (nSPS) is 11.8. The highest BCUT2D eigenvalue weighted by atomic mass is 16.2. The number of aryl methyl sites for hydroxylation is 1. The molecule has 1 heterocycles. The summed E-state index contributed by atoms with van der Waals surface area (Å²) in [5.74, 6) is 0.230. The summed E-state index contributed by atoms with van der Waals surface area (Å²) in [5.41, 5.74) is 3.64. The van der Waals surface area contributed by atoms with E-state index < -0.39 is 0 Å². The highest BCUT2D eigenvalue weighted by Gasteiger charge is 2.14. The summed E-state index contributed by atoms with van der Waals surface area (Å²) in [5, 5.41) is 2.98. The summed E-state index contributed by atoms with van der Waals surface area (Å²) in [6, 6.07) is 12.4. The number of nitrogens with zero attached hydrogens (tertiary/aromatic N) is 2. The highest BCUT2D eigenvalue weighted by Crippen LogP contribution is 2.20. The summed E-state index contributed by atoms with van der Waals surface area (Å²) >= 11 is 0. The van der Waals surface area contributed by atoms with E-state index >= 15 is 0 Å². The van der Waals surface area contributed by atoms with Crippen LogP contribution in [0.5, 0.6) is 0 Å². The van der Waals surface area contributed by atoms with Crippen LogP contribution in [-0.2, 0) is 6.42 Å². The zero-order valence-electron chi connectivity index (χ0n) is 13.4. The van der Waals surface area contributed by atoms with E-state index in [0.29, 0.717) is 6.54 Å². The maximum Gasteiger partial charge on any atom is 0.316 e. The third-order valence-electron chi connectivity index (χ3n) is 3.66. The fraction of sp³-hybridized carbons (Fsp3) is 0.333. The van der Waals surface area contributed by atoms with Crippen molar-refractivity contribution in [1.29, 1.82) is 0 Å². The van der Waals surface area contributed by atoms with Crippen LogP contribution in [0.4, 0.5) is 4.79 Å². The Bertz CT molecular complexity index is 593. The Kier molecular flexibility index (Phi) is 5.53. The van der Waals surface area contributed by atoms with Gasteiger partial charge in [0.15, 0.2) is 0 Å². The van der Waals surface area contributed by atoms with Crippen LogP contribution in [0.3, 0.4) is 0 Å². The molecule has 0 saturated heterocycles. The second-order valence-corrected chi connectivity index (χ2v) is 5.75. The molecule has 116 valence electrons. The van der Waals surface area contributed by atoms with Crippen LogP contribution in [0, 0.1) is 6.92 Å². The fourth-order valence-corrected chi connectivity index (χ4v) is 2.32. The molecule has 1 aromatic heterocycles. The standard InChI is InChI=1S/C18H23N3O/c1-14-6-8-16(9-7-14)17(13-20-18(22)21(2)3)11-15-5-4-10-19-12-15/h4-10,12,17H,11,13H2,1-3H3,(H,20,22). The molecule has 0 spiro atoms. The molecule has 2 aromatic rings. The number of nitrogens with one attached hydrogen (secondary N) is 1. The molecule has 1 N–H and O–H groups in total. The number of aromatic nitrogens is 1. The van der Waals surface area contributed by atoms with E-state index in [1.165, 1.54) is 16.7 Å². The monoisotopic (exact) mass is 297 g/mol. The van der Waals surface area contributed by atoms with Crippen molar-refractivity contribution in [3.63, 3.8) is 0 Å². The molecule has 1 atom stereocenters. The summed E-state index contributed by atoms with van der Waals surface area (Å²) in [6.45, 7) is 2.68. The van der Waals surface area contributed by atoms with E-state index in [0.717, 1.165) is 6.42 Å². The van der Waals surface area contributed by atoms with Crippen molar-refractivity contribution in [1.82, 2.24) is 15.2 Å². The van der Waals surface area contributed by atoms with Crippen LogP contribution < -0.4 is 5.32 Å². The zero-order valence-corrected chi connectivity index (χ0v) is 13.4. The predicted molar refractivity (Wildman–Crippen MR) is 88.9 cm³/mol. The van der Waals surface area contributed by atoms with Crippen molar-refractivity contribution in [2.75, 3.05) is 20.6 Å². The minimum absolute atomic E-state index is 0.0664.